The predicted molar refractivity (Wildman–Crippen MR) is 92.7 cm³/mol. The summed E-state index contributed by atoms with van der Waals surface area (Å²) in [5, 5.41) is 2.74. The largest absolute Gasteiger partial charge is 0.483 e. The number of primary amides is 1. The number of amides is 2. The Labute approximate surface area is 143 Å². The number of halogens is 1. The molecule has 0 atom stereocenters. The van der Waals surface area contributed by atoms with Gasteiger partial charge in [-0.25, -0.2) is 0 Å². The number of carbonyl (C=O) groups is 2. The third kappa shape index (κ3) is 4.56. The molecule has 0 saturated heterocycles. The summed E-state index contributed by atoms with van der Waals surface area (Å²) in [6, 6.07) is 10.5. The quantitative estimate of drug-likeness (QED) is 0.840. The van der Waals surface area contributed by atoms with E-state index in [2.05, 4.69) is 21.2 Å². The van der Waals surface area contributed by atoms with Crippen molar-refractivity contribution in [1.82, 2.24) is 0 Å². The Kier molecular flexibility index (Phi) is 5.39. The summed E-state index contributed by atoms with van der Waals surface area (Å²) in [5.41, 5.74) is 8.16. The number of nitrogens with one attached hydrogen (secondary N) is 1. The molecule has 3 N–H and O–H groups in total. The van der Waals surface area contributed by atoms with Crippen molar-refractivity contribution < 1.29 is 14.3 Å². The lowest BCUT2D eigenvalue weighted by atomic mass is 10.1. The number of benzene rings is 2. The Balaban J connectivity index is 2.03. The summed E-state index contributed by atoms with van der Waals surface area (Å²) in [6.07, 6.45) is 0. The predicted octanol–water partition coefficient (Wildman–Crippen LogP) is 3.18. The van der Waals surface area contributed by atoms with E-state index in [1.807, 2.05) is 26.0 Å². The van der Waals surface area contributed by atoms with Gasteiger partial charge in [0.2, 0.25) is 0 Å². The van der Waals surface area contributed by atoms with Crippen molar-refractivity contribution >= 4 is 33.4 Å². The molecule has 2 aromatic rings. The fourth-order valence-corrected chi connectivity index (χ4v) is 2.26. The van der Waals surface area contributed by atoms with Gasteiger partial charge in [0, 0.05) is 10.2 Å². The third-order valence-electron chi connectivity index (χ3n) is 3.20. The molecule has 0 aliphatic rings. The van der Waals surface area contributed by atoms with E-state index in [0.29, 0.717) is 11.4 Å². The van der Waals surface area contributed by atoms with Crippen LogP contribution in [0.15, 0.2) is 40.9 Å². The Morgan fingerprint density at radius 3 is 2.57 bits per heavy atom. The fraction of sp³-hybridized carbons (Fsp3) is 0.176. The van der Waals surface area contributed by atoms with Crippen molar-refractivity contribution in [2.45, 2.75) is 13.8 Å². The van der Waals surface area contributed by atoms with Gasteiger partial charge in [-0.15, -0.1) is 0 Å². The molecule has 0 aromatic heterocycles. The molecule has 0 fully saturated rings. The van der Waals surface area contributed by atoms with E-state index in [1.165, 1.54) is 0 Å². The standard InChI is InChI=1S/C17H17BrN2O3/c1-10-3-5-13(17(19)22)15(7-10)23-9-16(21)20-12-4-6-14(18)11(2)8-12/h3-8H,9H2,1-2H3,(H2,19,22)(H,20,21). The van der Waals surface area contributed by atoms with E-state index in [1.54, 1.807) is 24.3 Å². The van der Waals surface area contributed by atoms with Crippen molar-refractivity contribution in [2.75, 3.05) is 11.9 Å². The smallest absolute Gasteiger partial charge is 0.262 e. The highest BCUT2D eigenvalue weighted by Gasteiger charge is 2.11. The van der Waals surface area contributed by atoms with Crippen LogP contribution in [0.3, 0.4) is 0 Å². The minimum Gasteiger partial charge on any atom is -0.483 e. The highest BCUT2D eigenvalue weighted by Crippen LogP contribution is 2.21. The first-order valence-electron chi connectivity index (χ1n) is 6.96. The molecule has 2 amide bonds. The summed E-state index contributed by atoms with van der Waals surface area (Å²) < 4.78 is 6.42. The van der Waals surface area contributed by atoms with Crippen molar-refractivity contribution in [3.05, 3.63) is 57.6 Å². The van der Waals surface area contributed by atoms with Crippen LogP contribution in [0.2, 0.25) is 0 Å². The Bertz CT molecular complexity index is 759. The van der Waals surface area contributed by atoms with Gasteiger partial charge in [-0.2, -0.15) is 0 Å². The molecule has 5 nitrogen and oxygen atoms in total. The number of carbonyl (C=O) groups excluding carboxylic acids is 2. The molecule has 6 heteroatoms. The minimum absolute atomic E-state index is 0.209. The third-order valence-corrected chi connectivity index (χ3v) is 4.09. The van der Waals surface area contributed by atoms with Gasteiger partial charge in [-0.1, -0.05) is 22.0 Å². The van der Waals surface area contributed by atoms with E-state index in [-0.39, 0.29) is 18.1 Å². The van der Waals surface area contributed by atoms with E-state index >= 15 is 0 Å². The number of hydrogen-bond acceptors (Lipinski definition) is 3. The number of aryl methyl sites for hydroxylation is 2. The van der Waals surface area contributed by atoms with Crippen molar-refractivity contribution in [3.63, 3.8) is 0 Å². The zero-order valence-electron chi connectivity index (χ0n) is 12.9. The molecule has 0 aliphatic carbocycles. The Hall–Kier alpha value is -2.34. The molecule has 2 aromatic carbocycles. The molecule has 23 heavy (non-hydrogen) atoms. The van der Waals surface area contributed by atoms with Crippen molar-refractivity contribution in [1.29, 1.82) is 0 Å². The molecule has 0 heterocycles. The second-order valence-electron chi connectivity index (χ2n) is 5.16. The molecule has 2 rings (SSSR count). The summed E-state index contributed by atoms with van der Waals surface area (Å²) in [4.78, 5) is 23.4. The first kappa shape index (κ1) is 17.0. The van der Waals surface area contributed by atoms with Crippen LogP contribution in [-0.2, 0) is 4.79 Å². The van der Waals surface area contributed by atoms with Gasteiger partial charge in [-0.05, 0) is 55.3 Å². The highest BCUT2D eigenvalue weighted by molar-refractivity contribution is 9.10. The maximum Gasteiger partial charge on any atom is 0.262 e. The summed E-state index contributed by atoms with van der Waals surface area (Å²) in [6.45, 7) is 3.59. The van der Waals surface area contributed by atoms with Gasteiger partial charge in [0.15, 0.2) is 6.61 Å². The number of hydrogen-bond donors (Lipinski definition) is 2. The van der Waals surface area contributed by atoms with Crippen LogP contribution in [0.25, 0.3) is 0 Å². The maximum absolute atomic E-state index is 12.0. The average Bonchev–Trinajstić information content (AvgIpc) is 2.48. The Morgan fingerprint density at radius 1 is 1.17 bits per heavy atom. The van der Waals surface area contributed by atoms with Gasteiger partial charge < -0.3 is 15.8 Å². The average molecular weight is 377 g/mol. The zero-order valence-corrected chi connectivity index (χ0v) is 14.4. The summed E-state index contributed by atoms with van der Waals surface area (Å²) >= 11 is 3.40. The maximum atomic E-state index is 12.0. The van der Waals surface area contributed by atoms with Crippen LogP contribution in [0.4, 0.5) is 5.69 Å². The van der Waals surface area contributed by atoms with Gasteiger partial charge in [0.05, 0.1) is 5.56 Å². The molecule has 0 saturated carbocycles. The van der Waals surface area contributed by atoms with Gasteiger partial charge >= 0.3 is 0 Å². The molecule has 0 bridgehead atoms. The first-order chi connectivity index (χ1) is 10.9. The van der Waals surface area contributed by atoms with Gasteiger partial charge in [-0.3, -0.25) is 9.59 Å². The van der Waals surface area contributed by atoms with Crippen LogP contribution in [0.1, 0.15) is 21.5 Å². The number of ether oxygens (including phenoxy) is 1. The molecule has 0 aliphatic heterocycles. The van der Waals surface area contributed by atoms with Crippen LogP contribution < -0.4 is 15.8 Å². The number of nitrogens with two attached hydrogens (primary N) is 1. The topological polar surface area (TPSA) is 81.4 Å². The minimum atomic E-state index is -0.594. The Morgan fingerprint density at radius 2 is 1.91 bits per heavy atom. The monoisotopic (exact) mass is 376 g/mol. The second-order valence-corrected chi connectivity index (χ2v) is 6.02. The highest BCUT2D eigenvalue weighted by atomic mass is 79.9. The normalized spacial score (nSPS) is 10.2. The summed E-state index contributed by atoms with van der Waals surface area (Å²) in [7, 11) is 0. The SMILES string of the molecule is Cc1ccc(C(N)=O)c(OCC(=O)Nc2ccc(Br)c(C)c2)c1. The van der Waals surface area contributed by atoms with Crippen LogP contribution in [0.5, 0.6) is 5.75 Å². The lowest BCUT2D eigenvalue weighted by Crippen LogP contribution is -2.21. The molecule has 0 unspecified atom stereocenters. The second kappa shape index (κ2) is 7.28. The van der Waals surface area contributed by atoms with Gasteiger partial charge in [0.25, 0.3) is 11.8 Å². The summed E-state index contributed by atoms with van der Waals surface area (Å²) in [5.74, 6) is -0.604. The fourth-order valence-electron chi connectivity index (χ4n) is 2.02. The van der Waals surface area contributed by atoms with Gasteiger partial charge in [0.1, 0.15) is 5.75 Å². The molecule has 0 radical (unpaired) electrons. The van der Waals surface area contributed by atoms with Crippen molar-refractivity contribution in [2.24, 2.45) is 5.73 Å². The van der Waals surface area contributed by atoms with Crippen LogP contribution in [0, 0.1) is 13.8 Å². The first-order valence-corrected chi connectivity index (χ1v) is 7.75. The van der Waals surface area contributed by atoms with E-state index in [9.17, 15) is 9.59 Å². The number of rotatable bonds is 5. The van der Waals surface area contributed by atoms with E-state index in [0.717, 1.165) is 15.6 Å². The lowest BCUT2D eigenvalue weighted by molar-refractivity contribution is -0.118. The van der Waals surface area contributed by atoms with Crippen molar-refractivity contribution in [3.8, 4) is 5.75 Å². The van der Waals surface area contributed by atoms with Crippen LogP contribution >= 0.6 is 15.9 Å². The molecule has 120 valence electrons. The molecular weight excluding hydrogens is 360 g/mol. The molecule has 0 spiro atoms. The number of anilines is 1. The molecular formula is C17H17BrN2O3. The van der Waals surface area contributed by atoms with E-state index in [4.69, 9.17) is 10.5 Å². The lowest BCUT2D eigenvalue weighted by Gasteiger charge is -2.11. The van der Waals surface area contributed by atoms with Crippen LogP contribution in [-0.4, -0.2) is 18.4 Å². The van der Waals surface area contributed by atoms with E-state index < -0.39 is 5.91 Å². The zero-order chi connectivity index (χ0) is 17.0.